The lowest BCUT2D eigenvalue weighted by molar-refractivity contribution is -0.132. The van der Waals surface area contributed by atoms with Gasteiger partial charge in [0.2, 0.25) is 5.91 Å². The molecule has 13 heavy (non-hydrogen) atoms. The highest BCUT2D eigenvalue weighted by molar-refractivity contribution is 5.76. The van der Waals surface area contributed by atoms with Crippen molar-refractivity contribution >= 4 is 5.91 Å². The fraction of sp³-hybridized carbons (Fsp3) is 0.818. The van der Waals surface area contributed by atoms with Crippen molar-refractivity contribution in [3.8, 4) is 0 Å². The van der Waals surface area contributed by atoms with E-state index < -0.39 is 0 Å². The Morgan fingerprint density at radius 1 is 1.08 bits per heavy atom. The summed E-state index contributed by atoms with van der Waals surface area (Å²) in [6, 6.07) is 0. The Labute approximate surface area is 81.3 Å². The molecule has 0 spiro atoms. The fourth-order valence-corrected chi connectivity index (χ4v) is 1.66. The van der Waals surface area contributed by atoms with Crippen LogP contribution in [0.3, 0.4) is 0 Å². The van der Waals surface area contributed by atoms with Gasteiger partial charge >= 0.3 is 0 Å². The van der Waals surface area contributed by atoms with Crippen molar-refractivity contribution < 1.29 is 4.79 Å². The minimum Gasteiger partial charge on any atom is -0.343 e. The Hall–Kier alpha value is -0.530. The molecule has 0 bridgehead atoms. The van der Waals surface area contributed by atoms with Crippen LogP contribution in [0.25, 0.3) is 0 Å². The number of amides is 1. The van der Waals surface area contributed by atoms with Crippen LogP contribution >= 0.6 is 0 Å². The molecular weight excluding hydrogens is 162 g/mol. The molecular formula is C11H20NO. The van der Waals surface area contributed by atoms with Gasteiger partial charge in [0.15, 0.2) is 0 Å². The van der Waals surface area contributed by atoms with Gasteiger partial charge in [-0.2, -0.15) is 0 Å². The van der Waals surface area contributed by atoms with Crippen LogP contribution in [-0.2, 0) is 4.79 Å². The van der Waals surface area contributed by atoms with Crippen molar-refractivity contribution in [3.63, 3.8) is 0 Å². The van der Waals surface area contributed by atoms with Crippen LogP contribution in [-0.4, -0.2) is 23.9 Å². The molecule has 1 aliphatic heterocycles. The maximum Gasteiger partial charge on any atom is 0.222 e. The predicted octanol–water partition coefficient (Wildman–Crippen LogP) is 2.39. The molecule has 0 atom stereocenters. The summed E-state index contributed by atoms with van der Waals surface area (Å²) in [7, 11) is 0. The van der Waals surface area contributed by atoms with E-state index in [9.17, 15) is 4.79 Å². The van der Waals surface area contributed by atoms with E-state index in [0.29, 0.717) is 12.3 Å². The Bertz CT molecular complexity index is 159. The van der Waals surface area contributed by atoms with Crippen molar-refractivity contribution in [1.29, 1.82) is 0 Å². The van der Waals surface area contributed by atoms with Crippen LogP contribution in [0.4, 0.5) is 0 Å². The lowest BCUT2D eigenvalue weighted by atomic mass is 10.1. The molecule has 75 valence electrons. The number of rotatable bonds is 3. The second-order valence-electron chi connectivity index (χ2n) is 4.15. The summed E-state index contributed by atoms with van der Waals surface area (Å²) in [5, 5.41) is 0. The number of hydrogen-bond acceptors (Lipinski definition) is 1. The third kappa shape index (κ3) is 3.79. The predicted molar refractivity (Wildman–Crippen MR) is 54.3 cm³/mol. The normalized spacial score (nSPS) is 17.9. The maximum absolute atomic E-state index is 11.6. The zero-order valence-corrected chi connectivity index (χ0v) is 8.81. The molecule has 0 unspecified atom stereocenters. The van der Waals surface area contributed by atoms with Crippen molar-refractivity contribution in [3.05, 3.63) is 5.92 Å². The van der Waals surface area contributed by atoms with Crippen LogP contribution in [0.1, 0.15) is 46.0 Å². The molecule has 1 aliphatic rings. The van der Waals surface area contributed by atoms with Gasteiger partial charge in [-0.25, -0.2) is 0 Å². The van der Waals surface area contributed by atoms with E-state index in [2.05, 4.69) is 13.8 Å². The number of piperidine rings is 1. The maximum atomic E-state index is 11.6. The average molecular weight is 182 g/mol. The second-order valence-corrected chi connectivity index (χ2v) is 4.15. The van der Waals surface area contributed by atoms with Gasteiger partial charge in [0.25, 0.3) is 0 Å². The van der Waals surface area contributed by atoms with E-state index in [0.717, 1.165) is 19.5 Å². The highest BCUT2D eigenvalue weighted by atomic mass is 16.2. The van der Waals surface area contributed by atoms with E-state index in [1.165, 1.54) is 25.2 Å². The Morgan fingerprint density at radius 2 is 1.69 bits per heavy atom. The van der Waals surface area contributed by atoms with Crippen LogP contribution in [0, 0.1) is 5.92 Å². The molecule has 1 saturated heterocycles. The van der Waals surface area contributed by atoms with Crippen LogP contribution < -0.4 is 0 Å². The first-order chi connectivity index (χ1) is 6.20. The molecule has 1 amide bonds. The van der Waals surface area contributed by atoms with Gasteiger partial charge in [-0.15, -0.1) is 0 Å². The minimum absolute atomic E-state index is 0.348. The van der Waals surface area contributed by atoms with E-state index in [1.54, 1.807) is 0 Å². The van der Waals surface area contributed by atoms with Crippen molar-refractivity contribution in [2.45, 2.75) is 46.0 Å². The number of carbonyl (C=O) groups is 1. The molecule has 0 aromatic heterocycles. The molecule has 1 fully saturated rings. The standard InChI is InChI=1S/C11H20NO/c1-10(2)6-7-11(13)12-8-4-3-5-9-12/h3-9H2,1-2H3. The summed E-state index contributed by atoms with van der Waals surface area (Å²) in [6.45, 7) is 6.15. The summed E-state index contributed by atoms with van der Waals surface area (Å²) in [5.74, 6) is 1.70. The van der Waals surface area contributed by atoms with Crippen LogP contribution in [0.5, 0.6) is 0 Å². The minimum atomic E-state index is 0.348. The van der Waals surface area contributed by atoms with Gasteiger partial charge in [-0.3, -0.25) is 4.79 Å². The summed E-state index contributed by atoms with van der Waals surface area (Å²) in [6.07, 6.45) is 5.35. The summed E-state index contributed by atoms with van der Waals surface area (Å²) in [5.41, 5.74) is 0. The van der Waals surface area contributed by atoms with E-state index in [-0.39, 0.29) is 0 Å². The lowest BCUT2D eigenvalue weighted by Gasteiger charge is -2.26. The third-order valence-electron chi connectivity index (χ3n) is 2.55. The van der Waals surface area contributed by atoms with Gasteiger partial charge in [-0.1, -0.05) is 13.8 Å². The van der Waals surface area contributed by atoms with Gasteiger partial charge in [0.1, 0.15) is 0 Å². The zero-order valence-electron chi connectivity index (χ0n) is 8.81. The Kier molecular flexibility index (Phi) is 4.26. The summed E-state index contributed by atoms with van der Waals surface area (Å²) < 4.78 is 0. The second kappa shape index (κ2) is 5.25. The van der Waals surface area contributed by atoms with Gasteiger partial charge < -0.3 is 4.90 Å². The monoisotopic (exact) mass is 182 g/mol. The molecule has 0 aliphatic carbocycles. The first kappa shape index (κ1) is 10.6. The molecule has 2 heteroatoms. The van der Waals surface area contributed by atoms with Crippen molar-refractivity contribution in [2.75, 3.05) is 13.1 Å². The number of hydrogen-bond donors (Lipinski definition) is 0. The van der Waals surface area contributed by atoms with E-state index >= 15 is 0 Å². The topological polar surface area (TPSA) is 20.3 Å². The van der Waals surface area contributed by atoms with Crippen molar-refractivity contribution in [2.24, 2.45) is 0 Å². The molecule has 1 radical (unpaired) electrons. The molecule has 0 saturated carbocycles. The van der Waals surface area contributed by atoms with E-state index in [4.69, 9.17) is 0 Å². The van der Waals surface area contributed by atoms with Crippen molar-refractivity contribution in [1.82, 2.24) is 4.90 Å². The number of nitrogens with zero attached hydrogens (tertiary/aromatic N) is 1. The molecule has 0 N–H and O–H groups in total. The largest absolute Gasteiger partial charge is 0.343 e. The molecule has 2 nitrogen and oxygen atoms in total. The molecule has 0 aromatic carbocycles. The molecule has 1 rings (SSSR count). The fourth-order valence-electron chi connectivity index (χ4n) is 1.66. The highest BCUT2D eigenvalue weighted by Gasteiger charge is 2.15. The number of carbonyl (C=O) groups excluding carboxylic acids is 1. The average Bonchev–Trinajstić information content (AvgIpc) is 2.15. The lowest BCUT2D eigenvalue weighted by Crippen LogP contribution is -2.35. The van der Waals surface area contributed by atoms with Crippen LogP contribution in [0.2, 0.25) is 0 Å². The van der Waals surface area contributed by atoms with Gasteiger partial charge in [0, 0.05) is 19.5 Å². The van der Waals surface area contributed by atoms with Crippen LogP contribution in [0.15, 0.2) is 0 Å². The van der Waals surface area contributed by atoms with Gasteiger partial charge in [-0.05, 0) is 31.6 Å². The van der Waals surface area contributed by atoms with Gasteiger partial charge in [0.05, 0.1) is 0 Å². The quantitative estimate of drug-likeness (QED) is 0.656. The SMILES string of the molecule is C[C](C)CCC(=O)N1CCCCC1. The first-order valence-corrected chi connectivity index (χ1v) is 5.27. The first-order valence-electron chi connectivity index (χ1n) is 5.27. The smallest absolute Gasteiger partial charge is 0.222 e. The summed E-state index contributed by atoms with van der Waals surface area (Å²) >= 11 is 0. The third-order valence-corrected chi connectivity index (χ3v) is 2.55. The zero-order chi connectivity index (χ0) is 9.68. The molecule has 0 aromatic rings. The number of likely N-dealkylation sites (tertiary alicyclic amines) is 1. The summed E-state index contributed by atoms with van der Waals surface area (Å²) in [4.78, 5) is 13.6. The Morgan fingerprint density at radius 3 is 2.23 bits per heavy atom. The highest BCUT2D eigenvalue weighted by Crippen LogP contribution is 2.13. The molecule has 1 heterocycles. The Balaban J connectivity index is 2.21. The van der Waals surface area contributed by atoms with E-state index in [1.807, 2.05) is 4.90 Å².